The molecule has 0 atom stereocenters. The second kappa shape index (κ2) is 9.36. The molecule has 0 saturated carbocycles. The maximum Gasteiger partial charge on any atom is 0.246 e. The lowest BCUT2D eigenvalue weighted by molar-refractivity contribution is 0.107. The van der Waals surface area contributed by atoms with Crippen molar-refractivity contribution in [3.05, 3.63) is 94.3 Å². The third-order valence-electron chi connectivity index (χ3n) is 5.01. The van der Waals surface area contributed by atoms with Gasteiger partial charge in [0.2, 0.25) is 10.0 Å². The maximum atomic E-state index is 14.1. The van der Waals surface area contributed by atoms with Gasteiger partial charge in [0.25, 0.3) is 0 Å². The predicted molar refractivity (Wildman–Crippen MR) is 116 cm³/mol. The van der Waals surface area contributed by atoms with Crippen LogP contribution in [0.1, 0.15) is 16.7 Å². The molecular weight excluding hydrogens is 441 g/mol. The number of benzene rings is 3. The van der Waals surface area contributed by atoms with Crippen molar-refractivity contribution in [1.82, 2.24) is 4.31 Å². The van der Waals surface area contributed by atoms with E-state index in [2.05, 4.69) is 0 Å². The summed E-state index contributed by atoms with van der Waals surface area (Å²) in [5.41, 5.74) is 2.47. The van der Waals surface area contributed by atoms with Crippen LogP contribution < -0.4 is 4.74 Å². The number of hydrogen-bond acceptors (Lipinski definition) is 4. The fourth-order valence-corrected chi connectivity index (χ4v) is 5.06. The van der Waals surface area contributed by atoms with E-state index < -0.39 is 15.8 Å². The minimum Gasteiger partial charge on any atom is -0.492 e. The van der Waals surface area contributed by atoms with Gasteiger partial charge in [0.1, 0.15) is 23.1 Å². The Bertz CT molecular complexity index is 1190. The zero-order valence-corrected chi connectivity index (χ0v) is 18.2. The average Bonchev–Trinajstić information content (AvgIpc) is 2.98. The van der Waals surface area contributed by atoms with Crippen LogP contribution in [-0.4, -0.2) is 25.9 Å². The van der Waals surface area contributed by atoms with Gasteiger partial charge in [-0.1, -0.05) is 48.0 Å². The van der Waals surface area contributed by atoms with Crippen molar-refractivity contribution in [3.8, 4) is 5.75 Å². The summed E-state index contributed by atoms with van der Waals surface area (Å²) in [5.74, 6) is -0.157. The van der Waals surface area contributed by atoms with Gasteiger partial charge in [-0.15, -0.1) is 0 Å². The lowest BCUT2D eigenvalue weighted by Gasteiger charge is -2.20. The largest absolute Gasteiger partial charge is 0.492 e. The summed E-state index contributed by atoms with van der Waals surface area (Å²) in [6, 6.07) is 18.4. The standard InChI is InChI=1S/C23H21ClFNO4S/c24-20-6-2-1-5-18(20)16-29-15-17-9-10-22-19(13-17)14-26(11-12-30-22)31(27,28)23-8-4-3-7-21(23)25/h1-10,13H,11-12,14-16H2. The van der Waals surface area contributed by atoms with Gasteiger partial charge in [-0.05, 0) is 41.5 Å². The first-order chi connectivity index (χ1) is 14.9. The molecule has 0 aliphatic carbocycles. The van der Waals surface area contributed by atoms with Gasteiger partial charge in [-0.3, -0.25) is 0 Å². The first-order valence-corrected chi connectivity index (χ1v) is 11.6. The third-order valence-corrected chi connectivity index (χ3v) is 7.26. The number of rotatable bonds is 6. The molecule has 3 aromatic rings. The van der Waals surface area contributed by atoms with Gasteiger partial charge in [-0.25, -0.2) is 12.8 Å². The second-order valence-corrected chi connectivity index (χ2v) is 9.46. The summed E-state index contributed by atoms with van der Waals surface area (Å²) in [6.07, 6.45) is 0. The molecule has 0 unspecified atom stereocenters. The highest BCUT2D eigenvalue weighted by Crippen LogP contribution is 2.29. The van der Waals surface area contributed by atoms with E-state index >= 15 is 0 Å². The summed E-state index contributed by atoms with van der Waals surface area (Å²) in [5, 5.41) is 0.645. The number of nitrogens with zero attached hydrogens (tertiary/aromatic N) is 1. The minimum absolute atomic E-state index is 0.0877. The highest BCUT2D eigenvalue weighted by molar-refractivity contribution is 7.89. The van der Waals surface area contributed by atoms with Gasteiger partial charge in [0.05, 0.1) is 13.2 Å². The molecule has 31 heavy (non-hydrogen) atoms. The average molecular weight is 462 g/mol. The van der Waals surface area contributed by atoms with Crippen molar-refractivity contribution < 1.29 is 22.3 Å². The molecule has 3 aromatic carbocycles. The van der Waals surface area contributed by atoms with Crippen molar-refractivity contribution in [2.24, 2.45) is 0 Å². The van der Waals surface area contributed by atoms with Crippen LogP contribution in [-0.2, 0) is 34.5 Å². The molecule has 0 saturated heterocycles. The van der Waals surface area contributed by atoms with Crippen molar-refractivity contribution in [1.29, 1.82) is 0 Å². The molecule has 162 valence electrons. The number of halogens is 2. The van der Waals surface area contributed by atoms with E-state index in [1.165, 1.54) is 22.5 Å². The highest BCUT2D eigenvalue weighted by atomic mass is 35.5. The van der Waals surface area contributed by atoms with Crippen molar-refractivity contribution >= 4 is 21.6 Å². The summed E-state index contributed by atoms with van der Waals surface area (Å²) in [4.78, 5) is -0.335. The molecule has 1 aliphatic rings. The Morgan fingerprint density at radius 2 is 1.81 bits per heavy atom. The molecule has 0 amide bonds. The zero-order valence-electron chi connectivity index (χ0n) is 16.6. The first kappa shape index (κ1) is 21.8. The van der Waals surface area contributed by atoms with Crippen LogP contribution in [0.15, 0.2) is 71.6 Å². The quantitative estimate of drug-likeness (QED) is 0.530. The predicted octanol–water partition coefficient (Wildman–Crippen LogP) is 4.78. The van der Waals surface area contributed by atoms with Crippen LogP contribution in [0.2, 0.25) is 5.02 Å². The van der Waals surface area contributed by atoms with Crippen LogP contribution >= 0.6 is 11.6 Å². The fraction of sp³-hybridized carbons (Fsp3) is 0.217. The SMILES string of the molecule is O=S(=O)(c1ccccc1F)N1CCOc2ccc(COCc3ccccc3Cl)cc2C1. The number of fused-ring (bicyclic) bond motifs is 1. The zero-order chi connectivity index (χ0) is 21.8. The molecule has 1 aliphatic heterocycles. The lowest BCUT2D eigenvalue weighted by atomic mass is 10.1. The molecule has 0 radical (unpaired) electrons. The highest BCUT2D eigenvalue weighted by Gasteiger charge is 2.29. The minimum atomic E-state index is -4.00. The smallest absolute Gasteiger partial charge is 0.246 e. The Hall–Kier alpha value is -2.45. The molecule has 8 heteroatoms. The van der Waals surface area contributed by atoms with Gasteiger partial charge in [-0.2, -0.15) is 4.31 Å². The van der Waals surface area contributed by atoms with Crippen LogP contribution in [0.5, 0.6) is 5.75 Å². The molecular formula is C23H21ClFNO4S. The Balaban J connectivity index is 1.50. The van der Waals surface area contributed by atoms with E-state index in [4.69, 9.17) is 21.1 Å². The topological polar surface area (TPSA) is 55.8 Å². The molecule has 0 fully saturated rings. The molecule has 0 spiro atoms. The monoisotopic (exact) mass is 461 g/mol. The molecule has 0 bridgehead atoms. The Labute approximate surface area is 186 Å². The Kier molecular flexibility index (Phi) is 6.57. The number of ether oxygens (including phenoxy) is 2. The number of sulfonamides is 1. The van der Waals surface area contributed by atoms with Crippen LogP contribution in [0.4, 0.5) is 4.39 Å². The molecule has 4 rings (SSSR count). The van der Waals surface area contributed by atoms with Crippen LogP contribution in [0.3, 0.4) is 0 Å². The molecule has 1 heterocycles. The molecule has 0 aromatic heterocycles. The summed E-state index contributed by atoms with van der Waals surface area (Å²) in [6.45, 7) is 1.09. The van der Waals surface area contributed by atoms with Crippen molar-refractivity contribution in [3.63, 3.8) is 0 Å². The summed E-state index contributed by atoms with van der Waals surface area (Å²) < 4.78 is 52.9. The van der Waals surface area contributed by atoms with Crippen LogP contribution in [0.25, 0.3) is 0 Å². The van der Waals surface area contributed by atoms with E-state index in [0.29, 0.717) is 29.5 Å². The molecule has 0 N–H and O–H groups in total. The summed E-state index contributed by atoms with van der Waals surface area (Å²) >= 11 is 6.15. The van der Waals surface area contributed by atoms with E-state index in [1.807, 2.05) is 42.5 Å². The van der Waals surface area contributed by atoms with Crippen molar-refractivity contribution in [2.45, 2.75) is 24.7 Å². The van der Waals surface area contributed by atoms with E-state index in [9.17, 15) is 12.8 Å². The fourth-order valence-electron chi connectivity index (χ4n) is 3.41. The maximum absolute atomic E-state index is 14.1. The second-order valence-electron chi connectivity index (χ2n) is 7.14. The van der Waals surface area contributed by atoms with E-state index in [0.717, 1.165) is 17.2 Å². The van der Waals surface area contributed by atoms with Gasteiger partial charge < -0.3 is 9.47 Å². The first-order valence-electron chi connectivity index (χ1n) is 9.75. The Morgan fingerprint density at radius 1 is 1.03 bits per heavy atom. The normalized spacial score (nSPS) is 14.5. The molecule has 5 nitrogen and oxygen atoms in total. The summed E-state index contributed by atoms with van der Waals surface area (Å²) in [7, 11) is -4.00. The lowest BCUT2D eigenvalue weighted by Crippen LogP contribution is -2.33. The van der Waals surface area contributed by atoms with Gasteiger partial charge >= 0.3 is 0 Å². The van der Waals surface area contributed by atoms with Gasteiger partial charge in [0, 0.05) is 23.7 Å². The van der Waals surface area contributed by atoms with Crippen LogP contribution in [0, 0.1) is 5.82 Å². The third kappa shape index (κ3) is 4.91. The van der Waals surface area contributed by atoms with Gasteiger partial charge in [0.15, 0.2) is 0 Å². The Morgan fingerprint density at radius 3 is 2.61 bits per heavy atom. The van der Waals surface area contributed by atoms with Crippen molar-refractivity contribution in [2.75, 3.05) is 13.2 Å². The number of hydrogen-bond donors (Lipinski definition) is 0. The van der Waals surface area contributed by atoms with E-state index in [-0.39, 0.29) is 24.6 Å². The van der Waals surface area contributed by atoms with E-state index in [1.54, 1.807) is 0 Å².